The van der Waals surface area contributed by atoms with E-state index < -0.39 is 5.79 Å². The molecule has 130 valence electrons. The minimum Gasteiger partial charge on any atom is -0.339 e. The summed E-state index contributed by atoms with van der Waals surface area (Å²) in [4.78, 5) is 4.08. The number of aromatic nitrogens is 2. The lowest BCUT2D eigenvalue weighted by atomic mass is 10.1. The van der Waals surface area contributed by atoms with Crippen LogP contribution in [0.15, 0.2) is 85.5 Å². The lowest BCUT2D eigenvalue weighted by molar-refractivity contribution is -0.191. The number of ether oxygens (including phenoxy) is 2. The smallest absolute Gasteiger partial charge is 0.214 e. The average molecular weight is 336 g/mol. The number of hydrogen-bond acceptors (Lipinski definition) is 3. The fourth-order valence-electron chi connectivity index (χ4n) is 2.82. The quantitative estimate of drug-likeness (QED) is 0.717. The third kappa shape index (κ3) is 4.35. The summed E-state index contributed by atoms with van der Waals surface area (Å²) in [6.45, 7) is 4.69. The molecule has 0 radical (unpaired) electrons. The third-order valence-electron chi connectivity index (χ3n) is 4.24. The molecule has 1 aromatic heterocycles. The molecule has 4 rings (SSSR count). The molecule has 0 saturated carbocycles. The van der Waals surface area contributed by atoms with Gasteiger partial charge in [-0.15, -0.1) is 0 Å². The molecule has 1 aliphatic rings. The molecule has 4 heteroatoms. The largest absolute Gasteiger partial charge is 0.339 e. The lowest BCUT2D eigenvalue weighted by Gasteiger charge is -2.29. The van der Waals surface area contributed by atoms with E-state index in [1.54, 1.807) is 12.5 Å². The highest BCUT2D eigenvalue weighted by molar-refractivity contribution is 5.21. The standard InChI is InChI=1S/C15H18N2O2.C6H6/c1-12-13(2)19-15(18-12,10-17-9-8-16-11-17)14-6-4-3-5-7-14;1-2-4-6-5-3-1/h3-9,11-13H,10H2,1-2H3;1-6H. The number of hydrogen-bond donors (Lipinski definition) is 0. The zero-order valence-electron chi connectivity index (χ0n) is 14.7. The minimum absolute atomic E-state index is 0.0729. The Morgan fingerprint density at radius 3 is 1.88 bits per heavy atom. The van der Waals surface area contributed by atoms with Crippen LogP contribution in [0.3, 0.4) is 0 Å². The van der Waals surface area contributed by atoms with E-state index in [1.165, 1.54) is 0 Å². The fraction of sp³-hybridized carbons (Fsp3) is 0.286. The van der Waals surface area contributed by atoms with Crippen LogP contribution in [-0.4, -0.2) is 21.8 Å². The van der Waals surface area contributed by atoms with Gasteiger partial charge in [-0.3, -0.25) is 0 Å². The second-order valence-corrected chi connectivity index (χ2v) is 6.15. The van der Waals surface area contributed by atoms with E-state index >= 15 is 0 Å². The maximum Gasteiger partial charge on any atom is 0.214 e. The minimum atomic E-state index is -0.721. The fourth-order valence-corrected chi connectivity index (χ4v) is 2.82. The highest BCUT2D eigenvalue weighted by Crippen LogP contribution is 2.38. The first-order valence-electron chi connectivity index (χ1n) is 8.56. The van der Waals surface area contributed by atoms with Crippen molar-refractivity contribution in [1.82, 2.24) is 9.55 Å². The molecule has 2 atom stereocenters. The van der Waals surface area contributed by atoms with E-state index in [2.05, 4.69) is 4.98 Å². The van der Waals surface area contributed by atoms with Crippen molar-refractivity contribution in [2.24, 2.45) is 0 Å². The molecule has 4 nitrogen and oxygen atoms in total. The summed E-state index contributed by atoms with van der Waals surface area (Å²) in [5.74, 6) is -0.721. The Bertz CT molecular complexity index is 692. The third-order valence-corrected chi connectivity index (χ3v) is 4.24. The SMILES string of the molecule is CC1OC(Cn2ccnc2)(c2ccccc2)OC1C.c1ccccc1. The predicted molar refractivity (Wildman–Crippen MR) is 97.9 cm³/mol. The van der Waals surface area contributed by atoms with Crippen LogP contribution in [0, 0.1) is 0 Å². The Labute approximate surface area is 149 Å². The molecular formula is C21H24N2O2. The molecule has 0 N–H and O–H groups in total. The Morgan fingerprint density at radius 1 is 0.880 bits per heavy atom. The van der Waals surface area contributed by atoms with Gasteiger partial charge in [0.15, 0.2) is 0 Å². The maximum absolute atomic E-state index is 6.15. The second kappa shape index (κ2) is 8.10. The molecule has 1 fully saturated rings. The summed E-state index contributed by atoms with van der Waals surface area (Å²) < 4.78 is 14.3. The normalized spacial score (nSPS) is 25.2. The van der Waals surface area contributed by atoms with Gasteiger partial charge in [0.1, 0.15) is 0 Å². The van der Waals surface area contributed by atoms with Crippen LogP contribution in [0.1, 0.15) is 19.4 Å². The first-order chi connectivity index (χ1) is 12.2. The van der Waals surface area contributed by atoms with Gasteiger partial charge < -0.3 is 14.0 Å². The first-order valence-corrected chi connectivity index (χ1v) is 8.56. The van der Waals surface area contributed by atoms with Crippen LogP contribution in [-0.2, 0) is 21.8 Å². The number of rotatable bonds is 3. The van der Waals surface area contributed by atoms with Crippen molar-refractivity contribution < 1.29 is 9.47 Å². The van der Waals surface area contributed by atoms with Crippen LogP contribution in [0.4, 0.5) is 0 Å². The first kappa shape index (κ1) is 17.4. The lowest BCUT2D eigenvalue weighted by Crippen LogP contribution is -2.33. The summed E-state index contributed by atoms with van der Waals surface area (Å²) in [6, 6.07) is 22.1. The Hall–Kier alpha value is -2.43. The molecule has 2 heterocycles. The Balaban J connectivity index is 0.000000258. The van der Waals surface area contributed by atoms with E-state index in [1.807, 2.05) is 91.3 Å². The molecule has 25 heavy (non-hydrogen) atoms. The molecule has 0 amide bonds. The van der Waals surface area contributed by atoms with E-state index in [9.17, 15) is 0 Å². The van der Waals surface area contributed by atoms with Crippen molar-refractivity contribution in [2.45, 2.75) is 38.4 Å². The van der Waals surface area contributed by atoms with Crippen LogP contribution in [0.25, 0.3) is 0 Å². The van der Waals surface area contributed by atoms with Gasteiger partial charge in [-0.1, -0.05) is 66.7 Å². The molecule has 1 saturated heterocycles. The monoisotopic (exact) mass is 336 g/mol. The molecule has 3 aromatic rings. The maximum atomic E-state index is 6.15. The van der Waals surface area contributed by atoms with Crippen molar-refractivity contribution in [1.29, 1.82) is 0 Å². The van der Waals surface area contributed by atoms with Crippen molar-refractivity contribution in [3.8, 4) is 0 Å². The van der Waals surface area contributed by atoms with Crippen LogP contribution < -0.4 is 0 Å². The Morgan fingerprint density at radius 2 is 1.40 bits per heavy atom. The van der Waals surface area contributed by atoms with Crippen molar-refractivity contribution in [3.63, 3.8) is 0 Å². The summed E-state index contributed by atoms with van der Waals surface area (Å²) in [7, 11) is 0. The zero-order valence-corrected chi connectivity index (χ0v) is 14.7. The molecule has 0 bridgehead atoms. The van der Waals surface area contributed by atoms with Gasteiger partial charge in [-0.05, 0) is 13.8 Å². The predicted octanol–water partition coefficient (Wildman–Crippen LogP) is 4.25. The van der Waals surface area contributed by atoms with Crippen LogP contribution >= 0.6 is 0 Å². The Kier molecular flexibility index (Phi) is 5.64. The van der Waals surface area contributed by atoms with Crippen LogP contribution in [0.2, 0.25) is 0 Å². The molecule has 2 aromatic carbocycles. The van der Waals surface area contributed by atoms with Crippen molar-refractivity contribution >= 4 is 0 Å². The van der Waals surface area contributed by atoms with Crippen molar-refractivity contribution in [2.75, 3.05) is 0 Å². The number of benzene rings is 2. The molecule has 1 aliphatic heterocycles. The molecule has 2 unspecified atom stereocenters. The average Bonchev–Trinajstić information content (AvgIpc) is 3.27. The second-order valence-electron chi connectivity index (χ2n) is 6.15. The van der Waals surface area contributed by atoms with Crippen LogP contribution in [0.5, 0.6) is 0 Å². The van der Waals surface area contributed by atoms with E-state index in [0.29, 0.717) is 6.54 Å². The van der Waals surface area contributed by atoms with E-state index in [0.717, 1.165) is 5.56 Å². The van der Waals surface area contributed by atoms with E-state index in [4.69, 9.17) is 9.47 Å². The van der Waals surface area contributed by atoms with Gasteiger partial charge in [0.2, 0.25) is 5.79 Å². The molecule has 0 spiro atoms. The highest BCUT2D eigenvalue weighted by Gasteiger charge is 2.45. The van der Waals surface area contributed by atoms with E-state index in [-0.39, 0.29) is 12.2 Å². The van der Waals surface area contributed by atoms with Gasteiger partial charge in [-0.2, -0.15) is 0 Å². The topological polar surface area (TPSA) is 36.3 Å². The van der Waals surface area contributed by atoms with Gasteiger partial charge in [-0.25, -0.2) is 4.98 Å². The van der Waals surface area contributed by atoms with Gasteiger partial charge in [0, 0.05) is 18.0 Å². The van der Waals surface area contributed by atoms with Gasteiger partial charge in [0.05, 0.1) is 25.1 Å². The molecular weight excluding hydrogens is 312 g/mol. The summed E-state index contributed by atoms with van der Waals surface area (Å²) >= 11 is 0. The van der Waals surface area contributed by atoms with Gasteiger partial charge >= 0.3 is 0 Å². The van der Waals surface area contributed by atoms with Gasteiger partial charge in [0.25, 0.3) is 0 Å². The summed E-state index contributed by atoms with van der Waals surface area (Å²) in [6.07, 6.45) is 5.61. The summed E-state index contributed by atoms with van der Waals surface area (Å²) in [5.41, 5.74) is 1.04. The zero-order chi connectivity index (χ0) is 17.5. The highest BCUT2D eigenvalue weighted by atomic mass is 16.8. The summed E-state index contributed by atoms with van der Waals surface area (Å²) in [5, 5.41) is 0. The van der Waals surface area contributed by atoms with Crippen molar-refractivity contribution in [3.05, 3.63) is 91.0 Å². The number of nitrogens with zero attached hydrogens (tertiary/aromatic N) is 2. The number of imidazole rings is 1. The molecule has 0 aliphatic carbocycles.